The van der Waals surface area contributed by atoms with Crippen LogP contribution in [0.15, 0.2) is 60.9 Å². The van der Waals surface area contributed by atoms with E-state index in [-0.39, 0.29) is 11.9 Å². The van der Waals surface area contributed by atoms with Gasteiger partial charge in [0.1, 0.15) is 11.3 Å². The van der Waals surface area contributed by atoms with Gasteiger partial charge in [-0.3, -0.25) is 9.69 Å². The van der Waals surface area contributed by atoms with E-state index in [1.807, 2.05) is 34.9 Å². The fourth-order valence-corrected chi connectivity index (χ4v) is 3.38. The lowest BCUT2D eigenvalue weighted by molar-refractivity contribution is 0.0904. The number of hydrogen-bond acceptors (Lipinski definition) is 3. The predicted molar refractivity (Wildman–Crippen MR) is 97.4 cm³/mol. The topological polar surface area (TPSA) is 49.6 Å². The highest BCUT2D eigenvalue weighted by molar-refractivity contribution is 5.93. The van der Waals surface area contributed by atoms with Crippen LogP contribution in [0, 0.1) is 0 Å². The Labute approximate surface area is 147 Å². The van der Waals surface area contributed by atoms with Gasteiger partial charge in [0.2, 0.25) is 0 Å². The minimum atomic E-state index is -0.0785. The third-order valence-corrected chi connectivity index (χ3v) is 4.77. The number of hydrogen-bond donors (Lipinski definition) is 1. The minimum Gasteiger partial charge on any atom is -0.348 e. The van der Waals surface area contributed by atoms with Gasteiger partial charge in [0, 0.05) is 38.1 Å². The molecule has 0 atom stereocenters. The Morgan fingerprint density at radius 2 is 1.84 bits per heavy atom. The van der Waals surface area contributed by atoms with Crippen molar-refractivity contribution in [3.8, 4) is 0 Å². The molecule has 0 saturated carbocycles. The summed E-state index contributed by atoms with van der Waals surface area (Å²) in [5.41, 5.74) is 2.62. The number of aromatic nitrogens is 2. The Bertz CT molecular complexity index is 817. The molecule has 1 aliphatic heterocycles. The third kappa shape index (κ3) is 3.72. The summed E-state index contributed by atoms with van der Waals surface area (Å²) >= 11 is 0. The minimum absolute atomic E-state index is 0.0785. The van der Waals surface area contributed by atoms with E-state index >= 15 is 0 Å². The molecular weight excluding hydrogens is 312 g/mol. The van der Waals surface area contributed by atoms with Gasteiger partial charge in [0.15, 0.2) is 0 Å². The van der Waals surface area contributed by atoms with Crippen molar-refractivity contribution in [1.82, 2.24) is 19.6 Å². The Kier molecular flexibility index (Phi) is 4.48. The zero-order valence-corrected chi connectivity index (χ0v) is 14.1. The van der Waals surface area contributed by atoms with Crippen molar-refractivity contribution in [1.29, 1.82) is 0 Å². The largest absolute Gasteiger partial charge is 0.348 e. The van der Waals surface area contributed by atoms with Gasteiger partial charge in [0.05, 0.1) is 0 Å². The maximum Gasteiger partial charge on any atom is 0.271 e. The fraction of sp³-hybridized carbons (Fsp3) is 0.300. The zero-order chi connectivity index (χ0) is 17.1. The van der Waals surface area contributed by atoms with Gasteiger partial charge in [-0.15, -0.1) is 0 Å². The van der Waals surface area contributed by atoms with Crippen molar-refractivity contribution in [3.05, 3.63) is 72.2 Å². The van der Waals surface area contributed by atoms with Crippen LogP contribution in [-0.4, -0.2) is 39.3 Å². The van der Waals surface area contributed by atoms with Crippen LogP contribution in [0.4, 0.5) is 0 Å². The summed E-state index contributed by atoms with van der Waals surface area (Å²) in [6, 6.07) is 16.5. The molecule has 1 N–H and O–H groups in total. The van der Waals surface area contributed by atoms with Crippen LogP contribution < -0.4 is 5.32 Å². The molecule has 3 heterocycles. The van der Waals surface area contributed by atoms with Crippen LogP contribution in [0.3, 0.4) is 0 Å². The second kappa shape index (κ2) is 7.07. The molecule has 0 radical (unpaired) electrons. The highest BCUT2D eigenvalue weighted by Gasteiger charge is 2.22. The molecule has 1 saturated heterocycles. The van der Waals surface area contributed by atoms with Crippen LogP contribution in [0.25, 0.3) is 5.65 Å². The maximum atomic E-state index is 12.5. The van der Waals surface area contributed by atoms with Gasteiger partial charge in [-0.1, -0.05) is 36.4 Å². The first-order valence-corrected chi connectivity index (χ1v) is 8.79. The van der Waals surface area contributed by atoms with Crippen molar-refractivity contribution < 1.29 is 4.79 Å². The second-order valence-electron chi connectivity index (χ2n) is 6.60. The molecule has 25 heavy (non-hydrogen) atoms. The van der Waals surface area contributed by atoms with E-state index in [0.29, 0.717) is 5.69 Å². The number of benzene rings is 1. The molecule has 128 valence electrons. The number of rotatable bonds is 4. The van der Waals surface area contributed by atoms with Gasteiger partial charge in [-0.25, -0.2) is 4.98 Å². The molecule has 1 aliphatic rings. The van der Waals surface area contributed by atoms with E-state index in [2.05, 4.69) is 39.5 Å². The smallest absolute Gasteiger partial charge is 0.271 e. The molecule has 0 bridgehead atoms. The third-order valence-electron chi connectivity index (χ3n) is 4.77. The van der Waals surface area contributed by atoms with E-state index in [9.17, 15) is 4.79 Å². The lowest BCUT2D eigenvalue weighted by Gasteiger charge is -2.32. The summed E-state index contributed by atoms with van der Waals surface area (Å²) in [5, 5.41) is 3.14. The molecule has 4 rings (SSSR count). The monoisotopic (exact) mass is 334 g/mol. The molecule has 1 amide bonds. The Morgan fingerprint density at radius 1 is 1.08 bits per heavy atom. The van der Waals surface area contributed by atoms with E-state index in [1.165, 1.54) is 5.56 Å². The Balaban J connectivity index is 1.31. The number of likely N-dealkylation sites (tertiary alicyclic amines) is 1. The van der Waals surface area contributed by atoms with Gasteiger partial charge in [-0.2, -0.15) is 0 Å². The number of fused-ring (bicyclic) bond motifs is 1. The highest BCUT2D eigenvalue weighted by atomic mass is 16.2. The van der Waals surface area contributed by atoms with Crippen LogP contribution in [0.5, 0.6) is 0 Å². The van der Waals surface area contributed by atoms with Crippen molar-refractivity contribution in [2.45, 2.75) is 25.4 Å². The lowest BCUT2D eigenvalue weighted by atomic mass is 10.0. The summed E-state index contributed by atoms with van der Waals surface area (Å²) in [6.07, 6.45) is 5.65. The average molecular weight is 334 g/mol. The highest BCUT2D eigenvalue weighted by Crippen LogP contribution is 2.14. The maximum absolute atomic E-state index is 12.5. The van der Waals surface area contributed by atoms with Crippen molar-refractivity contribution in [2.24, 2.45) is 0 Å². The Hall–Kier alpha value is -2.66. The summed E-state index contributed by atoms with van der Waals surface area (Å²) in [6.45, 7) is 2.99. The number of carbonyl (C=O) groups is 1. The van der Waals surface area contributed by atoms with Crippen LogP contribution in [0.1, 0.15) is 28.9 Å². The van der Waals surface area contributed by atoms with Crippen LogP contribution in [-0.2, 0) is 6.54 Å². The van der Waals surface area contributed by atoms with E-state index in [1.54, 1.807) is 6.20 Å². The molecule has 5 heteroatoms. The summed E-state index contributed by atoms with van der Waals surface area (Å²) < 4.78 is 1.87. The van der Waals surface area contributed by atoms with E-state index in [0.717, 1.165) is 38.1 Å². The zero-order valence-electron chi connectivity index (χ0n) is 14.1. The molecule has 2 aromatic heterocycles. The van der Waals surface area contributed by atoms with Gasteiger partial charge in [-0.05, 0) is 30.5 Å². The Morgan fingerprint density at radius 3 is 2.60 bits per heavy atom. The molecule has 1 aromatic carbocycles. The summed E-state index contributed by atoms with van der Waals surface area (Å²) in [4.78, 5) is 19.3. The van der Waals surface area contributed by atoms with Crippen LogP contribution in [0.2, 0.25) is 0 Å². The molecule has 1 fully saturated rings. The number of nitrogens with one attached hydrogen (secondary N) is 1. The van der Waals surface area contributed by atoms with Crippen molar-refractivity contribution >= 4 is 11.6 Å². The summed E-state index contributed by atoms with van der Waals surface area (Å²) in [5.74, 6) is -0.0785. The number of pyridine rings is 1. The first-order chi connectivity index (χ1) is 12.3. The predicted octanol–water partition coefficient (Wildman–Crippen LogP) is 2.73. The van der Waals surface area contributed by atoms with E-state index < -0.39 is 0 Å². The lowest BCUT2D eigenvalue weighted by Crippen LogP contribution is -2.44. The number of amides is 1. The SMILES string of the molecule is O=C(NC1CCN(Cc2ccccc2)CC1)c1cn2ccccc2n1. The first kappa shape index (κ1) is 15.8. The van der Waals surface area contributed by atoms with Crippen molar-refractivity contribution in [3.63, 3.8) is 0 Å². The quantitative estimate of drug-likeness (QED) is 0.798. The molecule has 0 aliphatic carbocycles. The molecule has 0 unspecified atom stereocenters. The van der Waals surface area contributed by atoms with Gasteiger partial charge < -0.3 is 9.72 Å². The number of piperidine rings is 1. The standard InChI is InChI=1S/C20H22N4O/c25-20(18-15-24-11-5-4-8-19(24)22-18)21-17-9-12-23(13-10-17)14-16-6-2-1-3-7-16/h1-8,11,15,17H,9-10,12-14H2,(H,21,25). The van der Waals surface area contributed by atoms with Crippen LogP contribution >= 0.6 is 0 Å². The van der Waals surface area contributed by atoms with E-state index in [4.69, 9.17) is 0 Å². The second-order valence-corrected chi connectivity index (χ2v) is 6.60. The van der Waals surface area contributed by atoms with Gasteiger partial charge >= 0.3 is 0 Å². The van der Waals surface area contributed by atoms with Gasteiger partial charge in [0.25, 0.3) is 5.91 Å². The molecule has 5 nitrogen and oxygen atoms in total. The fourth-order valence-electron chi connectivity index (χ4n) is 3.38. The summed E-state index contributed by atoms with van der Waals surface area (Å²) in [7, 11) is 0. The normalized spacial score (nSPS) is 16.2. The van der Waals surface area contributed by atoms with Crippen molar-refractivity contribution in [2.75, 3.05) is 13.1 Å². The average Bonchev–Trinajstić information content (AvgIpc) is 3.09. The number of nitrogens with zero attached hydrogens (tertiary/aromatic N) is 3. The number of carbonyl (C=O) groups excluding carboxylic acids is 1. The molecule has 0 spiro atoms. The molecule has 3 aromatic rings. The first-order valence-electron chi connectivity index (χ1n) is 8.79. The number of imidazole rings is 1. The molecular formula is C20H22N4O.